The Hall–Kier alpha value is -3.73. The maximum absolute atomic E-state index is 13.9. The molecular weight excluding hydrogens is 341 g/mol. The van der Waals surface area contributed by atoms with E-state index in [1.807, 2.05) is 60.7 Å². The Morgan fingerprint density at radius 1 is 0.852 bits per heavy atom. The zero-order valence-corrected chi connectivity index (χ0v) is 14.3. The SMILES string of the molecule is O=C(Nc1ccccc1F)c1cc(-c2ccccc2)nn1-c1ccccc1. The van der Waals surface area contributed by atoms with E-state index in [4.69, 9.17) is 0 Å². The van der Waals surface area contributed by atoms with Crippen molar-refractivity contribution in [3.63, 3.8) is 0 Å². The molecule has 5 heteroatoms. The van der Waals surface area contributed by atoms with E-state index >= 15 is 0 Å². The van der Waals surface area contributed by atoms with Gasteiger partial charge in [-0.15, -0.1) is 0 Å². The molecule has 0 saturated heterocycles. The molecule has 1 N–H and O–H groups in total. The third kappa shape index (κ3) is 3.48. The lowest BCUT2D eigenvalue weighted by atomic mass is 10.1. The monoisotopic (exact) mass is 357 g/mol. The Morgan fingerprint density at radius 2 is 1.48 bits per heavy atom. The molecule has 0 fully saturated rings. The topological polar surface area (TPSA) is 46.9 Å². The van der Waals surface area contributed by atoms with Crippen LogP contribution in [-0.4, -0.2) is 15.7 Å². The number of nitrogens with one attached hydrogen (secondary N) is 1. The van der Waals surface area contributed by atoms with Crippen LogP contribution in [0, 0.1) is 5.82 Å². The van der Waals surface area contributed by atoms with Gasteiger partial charge in [0.1, 0.15) is 11.5 Å². The van der Waals surface area contributed by atoms with E-state index in [0.29, 0.717) is 11.4 Å². The van der Waals surface area contributed by atoms with E-state index in [9.17, 15) is 9.18 Å². The second-order valence-corrected chi connectivity index (χ2v) is 5.96. The fourth-order valence-electron chi connectivity index (χ4n) is 2.81. The summed E-state index contributed by atoms with van der Waals surface area (Å²) < 4.78 is 15.5. The highest BCUT2D eigenvalue weighted by molar-refractivity contribution is 6.04. The van der Waals surface area contributed by atoms with Crippen molar-refractivity contribution in [3.8, 4) is 16.9 Å². The van der Waals surface area contributed by atoms with Gasteiger partial charge in [-0.3, -0.25) is 4.79 Å². The fourth-order valence-corrected chi connectivity index (χ4v) is 2.81. The lowest BCUT2D eigenvalue weighted by Crippen LogP contribution is -2.17. The molecule has 0 aliphatic carbocycles. The fraction of sp³-hybridized carbons (Fsp3) is 0. The van der Waals surface area contributed by atoms with Gasteiger partial charge in [0.05, 0.1) is 17.1 Å². The first-order valence-corrected chi connectivity index (χ1v) is 8.49. The van der Waals surface area contributed by atoms with Crippen LogP contribution in [0.1, 0.15) is 10.5 Å². The average molecular weight is 357 g/mol. The molecule has 0 bridgehead atoms. The predicted molar refractivity (Wildman–Crippen MR) is 103 cm³/mol. The molecule has 0 aliphatic heterocycles. The molecule has 4 nitrogen and oxygen atoms in total. The number of hydrogen-bond donors (Lipinski definition) is 1. The van der Waals surface area contributed by atoms with E-state index in [-0.39, 0.29) is 5.69 Å². The summed E-state index contributed by atoms with van der Waals surface area (Å²) in [6, 6.07) is 26.7. The first-order chi connectivity index (χ1) is 13.2. The zero-order chi connectivity index (χ0) is 18.6. The number of anilines is 1. The number of halogens is 1. The van der Waals surface area contributed by atoms with Crippen molar-refractivity contribution in [2.45, 2.75) is 0 Å². The van der Waals surface area contributed by atoms with Gasteiger partial charge in [0.2, 0.25) is 0 Å². The smallest absolute Gasteiger partial charge is 0.274 e. The number of rotatable bonds is 4. The van der Waals surface area contributed by atoms with Crippen LogP contribution in [0.3, 0.4) is 0 Å². The van der Waals surface area contributed by atoms with E-state index < -0.39 is 11.7 Å². The maximum Gasteiger partial charge on any atom is 0.274 e. The van der Waals surface area contributed by atoms with Crippen molar-refractivity contribution in [3.05, 3.63) is 103 Å². The number of hydrogen-bond acceptors (Lipinski definition) is 2. The number of nitrogens with zero attached hydrogens (tertiary/aromatic N) is 2. The lowest BCUT2D eigenvalue weighted by molar-refractivity contribution is 0.101. The quantitative estimate of drug-likeness (QED) is 0.563. The minimum atomic E-state index is -0.486. The number of carbonyl (C=O) groups is 1. The zero-order valence-electron chi connectivity index (χ0n) is 14.3. The lowest BCUT2D eigenvalue weighted by Gasteiger charge is -2.08. The number of amides is 1. The number of carbonyl (C=O) groups excluding carboxylic acids is 1. The Labute approximate surface area is 155 Å². The van der Waals surface area contributed by atoms with Crippen molar-refractivity contribution < 1.29 is 9.18 Å². The van der Waals surface area contributed by atoms with Crippen LogP contribution in [0.5, 0.6) is 0 Å². The Bertz CT molecular complexity index is 1080. The third-order valence-electron chi connectivity index (χ3n) is 4.13. The van der Waals surface area contributed by atoms with Gasteiger partial charge in [-0.25, -0.2) is 9.07 Å². The molecule has 27 heavy (non-hydrogen) atoms. The summed E-state index contributed by atoms with van der Waals surface area (Å²) in [5, 5.41) is 7.22. The van der Waals surface area contributed by atoms with Crippen molar-refractivity contribution in [2.75, 3.05) is 5.32 Å². The molecule has 132 valence electrons. The molecule has 1 amide bonds. The van der Waals surface area contributed by atoms with Gasteiger partial charge in [0.25, 0.3) is 5.91 Å². The normalized spacial score (nSPS) is 10.6. The summed E-state index contributed by atoms with van der Waals surface area (Å²) in [5.41, 5.74) is 2.76. The maximum atomic E-state index is 13.9. The number of benzene rings is 3. The molecule has 1 heterocycles. The van der Waals surface area contributed by atoms with Crippen molar-refractivity contribution in [1.29, 1.82) is 0 Å². The van der Waals surface area contributed by atoms with Crippen LogP contribution in [-0.2, 0) is 0 Å². The number of aromatic nitrogens is 2. The number of para-hydroxylation sites is 2. The second-order valence-electron chi connectivity index (χ2n) is 5.96. The molecule has 4 aromatic rings. The van der Waals surface area contributed by atoms with Crippen LogP contribution in [0.15, 0.2) is 91.0 Å². The minimum Gasteiger partial charge on any atom is -0.318 e. The van der Waals surface area contributed by atoms with Gasteiger partial charge < -0.3 is 5.32 Å². The van der Waals surface area contributed by atoms with Gasteiger partial charge in [-0.1, -0.05) is 60.7 Å². The Morgan fingerprint density at radius 3 is 2.19 bits per heavy atom. The van der Waals surface area contributed by atoms with E-state index in [2.05, 4.69) is 10.4 Å². The van der Waals surface area contributed by atoms with E-state index in [0.717, 1.165) is 11.3 Å². The average Bonchev–Trinajstić information content (AvgIpc) is 3.17. The van der Waals surface area contributed by atoms with Crippen LogP contribution in [0.2, 0.25) is 0 Å². The first kappa shape index (κ1) is 16.7. The van der Waals surface area contributed by atoms with Gasteiger partial charge in [-0.05, 0) is 30.3 Å². The van der Waals surface area contributed by atoms with Gasteiger partial charge in [0, 0.05) is 5.56 Å². The summed E-state index contributed by atoms with van der Waals surface area (Å²) >= 11 is 0. The molecule has 4 rings (SSSR count). The largest absolute Gasteiger partial charge is 0.318 e. The molecule has 0 aliphatic rings. The summed E-state index contributed by atoms with van der Waals surface area (Å²) in [6.07, 6.45) is 0. The summed E-state index contributed by atoms with van der Waals surface area (Å²) in [4.78, 5) is 12.9. The standard InChI is InChI=1S/C22H16FN3O/c23-18-13-7-8-14-19(18)24-22(27)21-15-20(16-9-3-1-4-10-16)25-26(21)17-11-5-2-6-12-17/h1-15H,(H,24,27). The summed E-state index contributed by atoms with van der Waals surface area (Å²) in [7, 11) is 0. The molecule has 0 unspecified atom stereocenters. The Balaban J connectivity index is 1.77. The molecule has 0 saturated carbocycles. The first-order valence-electron chi connectivity index (χ1n) is 8.49. The molecule has 0 atom stereocenters. The van der Waals surface area contributed by atoms with Crippen molar-refractivity contribution in [1.82, 2.24) is 9.78 Å². The molecule has 0 spiro atoms. The third-order valence-corrected chi connectivity index (χ3v) is 4.13. The second kappa shape index (κ2) is 7.25. The molecular formula is C22H16FN3O. The summed E-state index contributed by atoms with van der Waals surface area (Å²) in [6.45, 7) is 0. The van der Waals surface area contributed by atoms with Crippen LogP contribution in [0.25, 0.3) is 16.9 Å². The molecule has 1 aromatic heterocycles. The van der Waals surface area contributed by atoms with E-state index in [1.54, 1.807) is 22.9 Å². The molecule has 3 aromatic carbocycles. The van der Waals surface area contributed by atoms with Gasteiger partial charge >= 0.3 is 0 Å². The minimum absolute atomic E-state index is 0.129. The van der Waals surface area contributed by atoms with Crippen LogP contribution in [0.4, 0.5) is 10.1 Å². The summed E-state index contributed by atoms with van der Waals surface area (Å²) in [5.74, 6) is -0.918. The van der Waals surface area contributed by atoms with Crippen molar-refractivity contribution in [2.24, 2.45) is 0 Å². The molecule has 0 radical (unpaired) electrons. The van der Waals surface area contributed by atoms with Crippen LogP contribution < -0.4 is 5.32 Å². The highest BCUT2D eigenvalue weighted by Crippen LogP contribution is 2.23. The van der Waals surface area contributed by atoms with Gasteiger partial charge in [0.15, 0.2) is 0 Å². The Kier molecular flexibility index (Phi) is 4.49. The predicted octanol–water partition coefficient (Wildman–Crippen LogP) is 4.93. The van der Waals surface area contributed by atoms with Gasteiger partial charge in [-0.2, -0.15) is 5.10 Å². The van der Waals surface area contributed by atoms with Crippen molar-refractivity contribution >= 4 is 11.6 Å². The highest BCUT2D eigenvalue weighted by atomic mass is 19.1. The van der Waals surface area contributed by atoms with E-state index in [1.165, 1.54) is 12.1 Å². The highest BCUT2D eigenvalue weighted by Gasteiger charge is 2.18. The van der Waals surface area contributed by atoms with Crippen LogP contribution >= 0.6 is 0 Å².